The van der Waals surface area contributed by atoms with Crippen LogP contribution in [-0.2, 0) is 0 Å². The molecule has 0 spiro atoms. The number of carbonyl (C=O) groups excluding carboxylic acids is 1. The standard InChI is InChI=1S/C14H10F2N2O3/c15-10-5-4-7(6-9(10)14(20)21)18-13(19)8-2-1-3-11(16)12(8)17/h1-6H,17H2,(H,18,19)(H,20,21). The summed E-state index contributed by atoms with van der Waals surface area (Å²) in [6.45, 7) is 0. The third kappa shape index (κ3) is 2.97. The highest BCUT2D eigenvalue weighted by Gasteiger charge is 2.15. The number of nitrogen functional groups attached to an aromatic ring is 1. The van der Waals surface area contributed by atoms with E-state index in [9.17, 15) is 18.4 Å². The first-order chi connectivity index (χ1) is 9.90. The Kier molecular flexibility index (Phi) is 3.84. The fourth-order valence-electron chi connectivity index (χ4n) is 1.70. The van der Waals surface area contributed by atoms with Crippen molar-refractivity contribution in [2.75, 3.05) is 11.1 Å². The molecule has 5 nitrogen and oxygen atoms in total. The van der Waals surface area contributed by atoms with E-state index in [-0.39, 0.29) is 16.9 Å². The zero-order valence-electron chi connectivity index (χ0n) is 10.6. The topological polar surface area (TPSA) is 92.4 Å². The van der Waals surface area contributed by atoms with Crippen molar-refractivity contribution in [3.8, 4) is 0 Å². The number of hydrogen-bond acceptors (Lipinski definition) is 3. The average molecular weight is 292 g/mol. The zero-order valence-corrected chi connectivity index (χ0v) is 10.6. The van der Waals surface area contributed by atoms with E-state index in [0.29, 0.717) is 0 Å². The lowest BCUT2D eigenvalue weighted by atomic mass is 10.1. The lowest BCUT2D eigenvalue weighted by molar-refractivity contribution is 0.0691. The average Bonchev–Trinajstić information content (AvgIpc) is 2.43. The maximum absolute atomic E-state index is 13.3. The molecular formula is C14H10F2N2O3. The smallest absolute Gasteiger partial charge is 0.338 e. The van der Waals surface area contributed by atoms with Crippen LogP contribution >= 0.6 is 0 Å². The molecule has 0 saturated heterocycles. The molecule has 0 unspecified atom stereocenters. The van der Waals surface area contributed by atoms with Crippen LogP contribution in [0.15, 0.2) is 36.4 Å². The SMILES string of the molecule is Nc1c(F)cccc1C(=O)Nc1ccc(F)c(C(=O)O)c1. The number of benzene rings is 2. The van der Waals surface area contributed by atoms with Crippen molar-refractivity contribution >= 4 is 23.3 Å². The Morgan fingerprint density at radius 2 is 1.76 bits per heavy atom. The molecule has 0 heterocycles. The number of carbonyl (C=O) groups is 2. The van der Waals surface area contributed by atoms with Crippen LogP contribution in [-0.4, -0.2) is 17.0 Å². The molecule has 21 heavy (non-hydrogen) atoms. The molecule has 0 aliphatic heterocycles. The van der Waals surface area contributed by atoms with Gasteiger partial charge in [0.2, 0.25) is 0 Å². The van der Waals surface area contributed by atoms with Crippen LogP contribution in [0.5, 0.6) is 0 Å². The van der Waals surface area contributed by atoms with Crippen molar-refractivity contribution in [3.05, 3.63) is 59.2 Å². The van der Waals surface area contributed by atoms with Crippen LogP contribution in [0.4, 0.5) is 20.2 Å². The van der Waals surface area contributed by atoms with Gasteiger partial charge in [0, 0.05) is 5.69 Å². The molecule has 2 aromatic rings. The van der Waals surface area contributed by atoms with Gasteiger partial charge in [0.1, 0.15) is 11.6 Å². The van der Waals surface area contributed by atoms with Gasteiger partial charge in [0.25, 0.3) is 5.91 Å². The van der Waals surface area contributed by atoms with Gasteiger partial charge < -0.3 is 16.2 Å². The monoisotopic (exact) mass is 292 g/mol. The van der Waals surface area contributed by atoms with Gasteiger partial charge in [-0.25, -0.2) is 13.6 Å². The summed E-state index contributed by atoms with van der Waals surface area (Å²) in [5.41, 5.74) is 4.50. The van der Waals surface area contributed by atoms with Crippen molar-refractivity contribution in [2.45, 2.75) is 0 Å². The molecule has 0 radical (unpaired) electrons. The first-order valence-electron chi connectivity index (χ1n) is 5.78. The molecule has 0 aliphatic carbocycles. The Labute approximate surface area is 118 Å². The fourth-order valence-corrected chi connectivity index (χ4v) is 1.70. The molecular weight excluding hydrogens is 282 g/mol. The first-order valence-corrected chi connectivity index (χ1v) is 5.78. The lowest BCUT2D eigenvalue weighted by Gasteiger charge is -2.09. The van der Waals surface area contributed by atoms with Crippen LogP contribution in [0, 0.1) is 11.6 Å². The van der Waals surface area contributed by atoms with E-state index in [0.717, 1.165) is 18.2 Å². The molecule has 1 amide bonds. The summed E-state index contributed by atoms with van der Waals surface area (Å²) < 4.78 is 26.5. The molecule has 0 aliphatic rings. The van der Waals surface area contributed by atoms with Crippen molar-refractivity contribution in [2.24, 2.45) is 0 Å². The number of hydrogen-bond donors (Lipinski definition) is 3. The second kappa shape index (κ2) is 5.58. The summed E-state index contributed by atoms with van der Waals surface area (Å²) in [4.78, 5) is 22.8. The fraction of sp³-hybridized carbons (Fsp3) is 0. The maximum atomic E-state index is 13.3. The summed E-state index contributed by atoms with van der Waals surface area (Å²) in [7, 11) is 0. The summed E-state index contributed by atoms with van der Waals surface area (Å²) in [5.74, 6) is -3.86. The third-order valence-electron chi connectivity index (χ3n) is 2.75. The Morgan fingerprint density at radius 3 is 2.43 bits per heavy atom. The molecule has 0 saturated carbocycles. The van der Waals surface area contributed by atoms with Crippen molar-refractivity contribution in [3.63, 3.8) is 0 Å². The summed E-state index contributed by atoms with van der Waals surface area (Å²) in [6, 6.07) is 6.80. The Morgan fingerprint density at radius 1 is 1.05 bits per heavy atom. The summed E-state index contributed by atoms with van der Waals surface area (Å²) in [5, 5.41) is 11.1. The molecule has 0 atom stereocenters. The van der Waals surface area contributed by atoms with Gasteiger partial charge >= 0.3 is 5.97 Å². The minimum absolute atomic E-state index is 0.0578. The van der Waals surface area contributed by atoms with Gasteiger partial charge in [-0.05, 0) is 30.3 Å². The molecule has 108 valence electrons. The van der Waals surface area contributed by atoms with Crippen molar-refractivity contribution in [1.82, 2.24) is 0 Å². The van der Waals surface area contributed by atoms with E-state index < -0.39 is 29.1 Å². The van der Waals surface area contributed by atoms with Gasteiger partial charge in [-0.3, -0.25) is 4.79 Å². The largest absolute Gasteiger partial charge is 0.478 e. The number of halogens is 2. The van der Waals surface area contributed by atoms with Crippen LogP contribution in [0.1, 0.15) is 20.7 Å². The van der Waals surface area contributed by atoms with E-state index in [1.54, 1.807) is 0 Å². The normalized spacial score (nSPS) is 10.2. The van der Waals surface area contributed by atoms with Crippen LogP contribution in [0.25, 0.3) is 0 Å². The van der Waals surface area contributed by atoms with E-state index in [1.165, 1.54) is 18.2 Å². The second-order valence-corrected chi connectivity index (χ2v) is 4.15. The highest BCUT2D eigenvalue weighted by Crippen LogP contribution is 2.19. The number of carboxylic acids is 1. The van der Waals surface area contributed by atoms with E-state index in [2.05, 4.69) is 5.32 Å². The minimum atomic E-state index is -1.46. The van der Waals surface area contributed by atoms with Crippen molar-refractivity contribution in [1.29, 1.82) is 0 Å². The Bertz CT molecular complexity index is 732. The first kappa shape index (κ1) is 14.4. The van der Waals surface area contributed by atoms with E-state index >= 15 is 0 Å². The molecule has 7 heteroatoms. The second-order valence-electron chi connectivity index (χ2n) is 4.15. The number of anilines is 2. The summed E-state index contributed by atoms with van der Waals surface area (Å²) in [6.07, 6.45) is 0. The quantitative estimate of drug-likeness (QED) is 0.758. The van der Waals surface area contributed by atoms with Crippen LogP contribution < -0.4 is 11.1 Å². The zero-order chi connectivity index (χ0) is 15.6. The molecule has 4 N–H and O–H groups in total. The molecule has 2 aromatic carbocycles. The number of carboxylic acid groups (broad SMARTS) is 1. The number of para-hydroxylation sites is 1. The highest BCUT2D eigenvalue weighted by molar-refractivity contribution is 6.08. The molecule has 0 fully saturated rings. The highest BCUT2D eigenvalue weighted by atomic mass is 19.1. The molecule has 0 aromatic heterocycles. The maximum Gasteiger partial charge on any atom is 0.338 e. The Balaban J connectivity index is 2.30. The number of nitrogens with one attached hydrogen (secondary N) is 1. The minimum Gasteiger partial charge on any atom is -0.478 e. The summed E-state index contributed by atoms with van der Waals surface area (Å²) >= 11 is 0. The van der Waals surface area contributed by atoms with Gasteiger partial charge in [-0.15, -0.1) is 0 Å². The third-order valence-corrected chi connectivity index (χ3v) is 2.75. The van der Waals surface area contributed by atoms with Gasteiger partial charge in [-0.1, -0.05) is 6.07 Å². The van der Waals surface area contributed by atoms with Gasteiger partial charge in [-0.2, -0.15) is 0 Å². The molecule has 0 bridgehead atoms. The predicted molar refractivity (Wildman–Crippen MR) is 72.1 cm³/mol. The van der Waals surface area contributed by atoms with Crippen LogP contribution in [0.3, 0.4) is 0 Å². The van der Waals surface area contributed by atoms with Gasteiger partial charge in [0.15, 0.2) is 0 Å². The number of amides is 1. The van der Waals surface area contributed by atoms with E-state index in [1.807, 2.05) is 0 Å². The van der Waals surface area contributed by atoms with E-state index in [4.69, 9.17) is 10.8 Å². The number of nitrogens with two attached hydrogens (primary N) is 1. The van der Waals surface area contributed by atoms with Crippen molar-refractivity contribution < 1.29 is 23.5 Å². The predicted octanol–water partition coefficient (Wildman–Crippen LogP) is 2.50. The van der Waals surface area contributed by atoms with Crippen LogP contribution in [0.2, 0.25) is 0 Å². The van der Waals surface area contributed by atoms with Gasteiger partial charge in [0.05, 0.1) is 16.8 Å². The lowest BCUT2D eigenvalue weighted by Crippen LogP contribution is -2.15. The number of aromatic carboxylic acids is 1. The Hall–Kier alpha value is -2.96. The number of rotatable bonds is 3. The molecule has 2 rings (SSSR count).